The van der Waals surface area contributed by atoms with Crippen LogP contribution in [0.5, 0.6) is 11.6 Å². The lowest BCUT2D eigenvalue weighted by molar-refractivity contribution is -0.152. The molecule has 0 saturated heterocycles. The van der Waals surface area contributed by atoms with E-state index >= 15 is 0 Å². The summed E-state index contributed by atoms with van der Waals surface area (Å²) in [7, 11) is 0. The standard InChI is InChI=1S/C29H28FN5O5/c1-3-39-26(36)20-14-23(15-20)35-28(37)33-27(34(29(35)38)17-19-6-4-18(2)5-7-19)32-22-9-11-24(12-10-22)40-25-13-8-21(30)16-31-25/h4-13,16,20,23H,3,14-15,17H2,1-2H3,(H,32,33,37)/t20-,23+. The fraction of sp³-hybridized carbons (Fsp3) is 0.276. The van der Waals surface area contributed by atoms with Gasteiger partial charge < -0.3 is 9.47 Å². The average Bonchev–Trinajstić information content (AvgIpc) is 2.91. The number of carbonyl (C=O) groups excluding carboxylic acids is 1. The fourth-order valence-corrected chi connectivity index (χ4v) is 4.47. The molecule has 0 amide bonds. The van der Waals surface area contributed by atoms with Gasteiger partial charge in [0.2, 0.25) is 11.5 Å². The number of hydrogen-bond acceptors (Lipinski definition) is 7. The van der Waals surface area contributed by atoms with E-state index in [1.165, 1.54) is 16.7 Å². The molecule has 0 radical (unpaired) electrons. The number of nitrogens with one attached hydrogen (secondary N) is 1. The van der Waals surface area contributed by atoms with E-state index in [2.05, 4.69) is 15.0 Å². The lowest BCUT2D eigenvalue weighted by Crippen LogP contribution is -2.53. The van der Waals surface area contributed by atoms with Gasteiger partial charge in [0.1, 0.15) is 11.6 Å². The highest BCUT2D eigenvalue weighted by atomic mass is 19.1. The average molecular weight is 546 g/mol. The number of hydrogen-bond donors (Lipinski definition) is 1. The highest BCUT2D eigenvalue weighted by Crippen LogP contribution is 2.36. The number of aryl methyl sites for hydroxylation is 1. The van der Waals surface area contributed by atoms with Gasteiger partial charge in [-0.1, -0.05) is 29.8 Å². The van der Waals surface area contributed by atoms with E-state index in [1.54, 1.807) is 31.2 Å². The Hall–Kier alpha value is -4.80. The summed E-state index contributed by atoms with van der Waals surface area (Å²) >= 11 is 0. The number of pyridine rings is 1. The predicted molar refractivity (Wildman–Crippen MR) is 144 cm³/mol. The number of benzene rings is 2. The van der Waals surface area contributed by atoms with Crippen LogP contribution in [0.25, 0.3) is 0 Å². The summed E-state index contributed by atoms with van der Waals surface area (Å²) in [4.78, 5) is 50.0. The third-order valence-electron chi connectivity index (χ3n) is 6.68. The predicted octanol–water partition coefficient (Wildman–Crippen LogP) is 3.77. The molecular formula is C29H28FN5O5. The van der Waals surface area contributed by atoms with Gasteiger partial charge in [0.05, 0.1) is 31.0 Å². The Morgan fingerprint density at radius 2 is 1.80 bits per heavy atom. The van der Waals surface area contributed by atoms with Crippen LogP contribution in [0.1, 0.15) is 36.9 Å². The van der Waals surface area contributed by atoms with Gasteiger partial charge in [0.25, 0.3) is 0 Å². The van der Waals surface area contributed by atoms with Crippen molar-refractivity contribution >= 4 is 11.7 Å². The van der Waals surface area contributed by atoms with Crippen molar-refractivity contribution in [3.05, 3.63) is 110 Å². The van der Waals surface area contributed by atoms with Gasteiger partial charge in [-0.25, -0.2) is 28.5 Å². The topological polar surface area (TPSA) is 121 Å². The van der Waals surface area contributed by atoms with E-state index in [0.29, 0.717) is 24.3 Å². The lowest BCUT2D eigenvalue weighted by atomic mass is 9.80. The number of aromatic nitrogens is 4. The third kappa shape index (κ3) is 5.93. The molecule has 0 spiro atoms. The zero-order valence-electron chi connectivity index (χ0n) is 22.0. The first-order chi connectivity index (χ1) is 19.3. The molecule has 10 nitrogen and oxygen atoms in total. The molecule has 4 aromatic rings. The minimum atomic E-state index is -0.599. The molecule has 1 fully saturated rings. The minimum Gasteiger partial charge on any atom is -0.466 e. The van der Waals surface area contributed by atoms with Crippen molar-refractivity contribution in [1.82, 2.24) is 19.1 Å². The molecular weight excluding hydrogens is 517 g/mol. The molecule has 1 aliphatic carbocycles. The van der Waals surface area contributed by atoms with Crippen LogP contribution in [0.4, 0.5) is 10.1 Å². The third-order valence-corrected chi connectivity index (χ3v) is 6.68. The first-order valence-corrected chi connectivity index (χ1v) is 12.9. The number of carbonyl (C=O) groups is 1. The Kier molecular flexibility index (Phi) is 7.72. The van der Waals surface area contributed by atoms with Crippen LogP contribution in [0.2, 0.25) is 0 Å². The van der Waals surface area contributed by atoms with Crippen molar-refractivity contribution in [1.29, 1.82) is 0 Å². The number of nitrogens with zero attached hydrogens (tertiary/aromatic N) is 4. The number of esters is 1. The first-order valence-electron chi connectivity index (χ1n) is 12.9. The number of ether oxygens (including phenoxy) is 2. The second-order valence-corrected chi connectivity index (χ2v) is 9.57. The van der Waals surface area contributed by atoms with Crippen LogP contribution >= 0.6 is 0 Å². The summed E-state index contributed by atoms with van der Waals surface area (Å²) in [5.41, 5.74) is 1.38. The molecule has 206 valence electrons. The summed E-state index contributed by atoms with van der Waals surface area (Å²) in [6, 6.07) is 16.6. The monoisotopic (exact) mass is 545 g/mol. The van der Waals surface area contributed by atoms with Gasteiger partial charge in [-0.05, 0) is 62.6 Å². The van der Waals surface area contributed by atoms with Crippen LogP contribution in [0.15, 0.2) is 81.4 Å². The summed E-state index contributed by atoms with van der Waals surface area (Å²) in [5, 5.41) is 0. The Labute approximate surface area is 228 Å². The summed E-state index contributed by atoms with van der Waals surface area (Å²) in [6.07, 6.45) is 1.77. The minimum absolute atomic E-state index is 0.0851. The van der Waals surface area contributed by atoms with Gasteiger partial charge in [-0.15, -0.1) is 0 Å². The lowest BCUT2D eigenvalue weighted by Gasteiger charge is -2.34. The molecule has 1 aliphatic rings. The molecule has 2 aromatic heterocycles. The highest BCUT2D eigenvalue weighted by Gasteiger charge is 2.38. The summed E-state index contributed by atoms with van der Waals surface area (Å²) < 4.78 is 26.4. The Morgan fingerprint density at radius 1 is 1.07 bits per heavy atom. The van der Waals surface area contributed by atoms with Crippen LogP contribution in [-0.4, -0.2) is 31.7 Å². The molecule has 2 aromatic carbocycles. The van der Waals surface area contributed by atoms with Crippen LogP contribution in [-0.2, 0) is 16.1 Å². The smallest absolute Gasteiger partial charge is 0.335 e. The first kappa shape index (κ1) is 26.8. The van der Waals surface area contributed by atoms with Crippen LogP contribution < -0.4 is 21.7 Å². The molecule has 0 bridgehead atoms. The van der Waals surface area contributed by atoms with Crippen molar-refractivity contribution < 1.29 is 18.7 Å². The van der Waals surface area contributed by atoms with Gasteiger partial charge in [0.15, 0.2) is 0 Å². The second kappa shape index (κ2) is 11.5. The number of aromatic amines is 1. The maximum Gasteiger partial charge on any atom is 0.335 e. The molecule has 11 heteroatoms. The molecule has 1 saturated carbocycles. The zero-order valence-corrected chi connectivity index (χ0v) is 22.0. The second-order valence-electron chi connectivity index (χ2n) is 9.57. The van der Waals surface area contributed by atoms with E-state index in [0.717, 1.165) is 21.9 Å². The van der Waals surface area contributed by atoms with Crippen molar-refractivity contribution in [2.75, 3.05) is 6.61 Å². The van der Waals surface area contributed by atoms with Crippen LogP contribution in [0.3, 0.4) is 0 Å². The number of halogens is 1. The van der Waals surface area contributed by atoms with Crippen LogP contribution in [0, 0.1) is 18.7 Å². The van der Waals surface area contributed by atoms with Crippen molar-refractivity contribution in [2.24, 2.45) is 10.9 Å². The number of rotatable bonds is 8. The molecule has 5 rings (SSSR count). The molecule has 40 heavy (non-hydrogen) atoms. The van der Waals surface area contributed by atoms with Gasteiger partial charge in [-0.2, -0.15) is 0 Å². The van der Waals surface area contributed by atoms with E-state index in [9.17, 15) is 18.8 Å². The molecule has 0 aliphatic heterocycles. The van der Waals surface area contributed by atoms with Crippen molar-refractivity contribution in [2.45, 2.75) is 39.3 Å². The van der Waals surface area contributed by atoms with Gasteiger partial charge >= 0.3 is 17.3 Å². The molecule has 1 N–H and O–H groups in total. The Balaban J connectivity index is 1.48. The van der Waals surface area contributed by atoms with Gasteiger partial charge in [-0.3, -0.25) is 14.3 Å². The van der Waals surface area contributed by atoms with Crippen molar-refractivity contribution in [3.8, 4) is 11.6 Å². The SMILES string of the molecule is CCOC(=O)[C@H]1C[C@@H](n2c(=O)[nH]/c(=N\c3ccc(Oc4ccc(F)cn4)cc3)n(Cc3ccc(C)cc3)c2=O)C1. The normalized spacial score (nSPS) is 16.8. The highest BCUT2D eigenvalue weighted by molar-refractivity contribution is 5.73. The Morgan fingerprint density at radius 3 is 2.45 bits per heavy atom. The quantitative estimate of drug-likeness (QED) is 0.337. The molecule has 2 heterocycles. The summed E-state index contributed by atoms with van der Waals surface area (Å²) in [5.74, 6) is -0.429. The largest absolute Gasteiger partial charge is 0.466 e. The molecule has 0 atom stereocenters. The van der Waals surface area contributed by atoms with E-state index in [-0.39, 0.29) is 36.5 Å². The van der Waals surface area contributed by atoms with Crippen molar-refractivity contribution in [3.63, 3.8) is 0 Å². The van der Waals surface area contributed by atoms with E-state index < -0.39 is 23.2 Å². The van der Waals surface area contributed by atoms with Gasteiger partial charge in [0, 0.05) is 12.1 Å². The maximum absolute atomic E-state index is 13.7. The summed E-state index contributed by atoms with van der Waals surface area (Å²) in [6.45, 7) is 4.17. The van der Waals surface area contributed by atoms with E-state index in [1.807, 2.05) is 31.2 Å². The fourth-order valence-electron chi connectivity index (χ4n) is 4.47. The Bertz CT molecular complexity index is 1680. The number of H-pyrrole nitrogens is 1. The van der Waals surface area contributed by atoms with E-state index in [4.69, 9.17) is 9.47 Å². The zero-order chi connectivity index (χ0) is 28.2. The molecule has 0 unspecified atom stereocenters. The maximum atomic E-state index is 13.7.